The monoisotopic (exact) mass is 417 g/mol. The number of ketones is 1. The molecule has 0 radical (unpaired) electrons. The summed E-state index contributed by atoms with van der Waals surface area (Å²) in [4.78, 5) is 15.2. The Balaban J connectivity index is 1.79. The van der Waals surface area contributed by atoms with Crippen molar-refractivity contribution in [1.82, 2.24) is 4.72 Å². The third kappa shape index (κ3) is 6.74. The third-order valence-corrected chi connectivity index (χ3v) is 6.69. The molecule has 1 N–H and O–H groups in total. The van der Waals surface area contributed by atoms with Gasteiger partial charge in [0.15, 0.2) is 0 Å². The van der Waals surface area contributed by atoms with Gasteiger partial charge >= 0.3 is 5.71 Å². The van der Waals surface area contributed by atoms with Crippen molar-refractivity contribution in [2.45, 2.75) is 76.0 Å². The number of fused-ring (bicyclic) bond motifs is 1. The molecule has 0 amide bonds. The number of carbonyl (C=O) groups excluding carboxylic acids is 1. The number of nitrogens with zero attached hydrogens (tertiary/aromatic N) is 2. The standard InChI is InChI=1S/C22H31N3O3S/c1-2-3-4-5-6-7-8-9-10-11-17-24-29(27,28)21-14-12-13-19-18(21)15-16-20(25-23)22(19)26/h12-16,24H,2-11,17H2,1H3. The molecule has 0 heterocycles. The Morgan fingerprint density at radius 3 is 2.17 bits per heavy atom. The van der Waals surface area contributed by atoms with Gasteiger partial charge in [-0.3, -0.25) is 4.79 Å². The van der Waals surface area contributed by atoms with E-state index in [4.69, 9.17) is 5.53 Å². The Bertz CT molecular complexity index is 885. The van der Waals surface area contributed by atoms with E-state index in [0.717, 1.165) is 19.3 Å². The predicted octanol–water partition coefficient (Wildman–Crippen LogP) is 4.77. The van der Waals surface area contributed by atoms with Gasteiger partial charge < -0.3 is 5.53 Å². The molecule has 29 heavy (non-hydrogen) atoms. The van der Waals surface area contributed by atoms with Gasteiger partial charge in [0.2, 0.25) is 10.0 Å². The molecule has 0 fully saturated rings. The summed E-state index contributed by atoms with van der Waals surface area (Å²) in [5, 5.41) is 0. The normalized spacial score (nSPS) is 13.4. The number of unbranched alkanes of at least 4 members (excludes halogenated alkanes) is 9. The molecular weight excluding hydrogens is 386 g/mol. The maximum Gasteiger partial charge on any atom is 0.362 e. The van der Waals surface area contributed by atoms with Gasteiger partial charge in [-0.2, -0.15) is 4.79 Å². The molecule has 1 aromatic carbocycles. The van der Waals surface area contributed by atoms with Crippen molar-refractivity contribution in [2.75, 3.05) is 6.54 Å². The van der Waals surface area contributed by atoms with Crippen molar-refractivity contribution in [3.63, 3.8) is 0 Å². The number of nitrogens with one attached hydrogen (secondary N) is 1. The fourth-order valence-corrected chi connectivity index (χ4v) is 4.79. The summed E-state index contributed by atoms with van der Waals surface area (Å²) in [7, 11) is -3.72. The molecule has 7 heteroatoms. The van der Waals surface area contributed by atoms with E-state index in [1.807, 2.05) is 0 Å². The molecular formula is C22H31N3O3S. The molecule has 0 aliphatic heterocycles. The molecule has 2 rings (SSSR count). The van der Waals surface area contributed by atoms with Crippen LogP contribution in [0.1, 0.15) is 87.1 Å². The van der Waals surface area contributed by atoms with Crippen LogP contribution in [-0.2, 0) is 10.0 Å². The molecule has 0 spiro atoms. The number of Topliss-reactive ketones (excluding diaryl/α,β-unsaturated/α-hetero) is 1. The molecule has 158 valence electrons. The summed E-state index contributed by atoms with van der Waals surface area (Å²) in [6.45, 7) is 2.60. The Morgan fingerprint density at radius 2 is 1.55 bits per heavy atom. The van der Waals surface area contributed by atoms with Gasteiger partial charge in [0.1, 0.15) is 0 Å². The zero-order chi connectivity index (χ0) is 21.1. The molecule has 0 atom stereocenters. The minimum absolute atomic E-state index is 0.0728. The average Bonchev–Trinajstić information content (AvgIpc) is 2.72. The summed E-state index contributed by atoms with van der Waals surface area (Å²) in [5.41, 5.74) is 9.32. The highest BCUT2D eigenvalue weighted by Gasteiger charge is 2.29. The lowest BCUT2D eigenvalue weighted by atomic mass is 9.95. The molecule has 6 nitrogen and oxygen atoms in total. The van der Waals surface area contributed by atoms with E-state index < -0.39 is 15.8 Å². The zero-order valence-electron chi connectivity index (χ0n) is 17.2. The van der Waals surface area contributed by atoms with E-state index in [1.54, 1.807) is 0 Å². The lowest BCUT2D eigenvalue weighted by molar-refractivity contribution is -0.00436. The van der Waals surface area contributed by atoms with Crippen molar-refractivity contribution >= 4 is 27.6 Å². The average molecular weight is 418 g/mol. The van der Waals surface area contributed by atoms with Crippen molar-refractivity contribution in [3.05, 3.63) is 40.9 Å². The number of sulfonamides is 1. The number of allylic oxidation sites excluding steroid dienone is 1. The lowest BCUT2D eigenvalue weighted by Gasteiger charge is -2.13. The number of hydrogen-bond donors (Lipinski definition) is 1. The van der Waals surface area contributed by atoms with Gasteiger partial charge in [0.05, 0.1) is 4.90 Å². The summed E-state index contributed by atoms with van der Waals surface area (Å²) in [6.07, 6.45) is 14.7. The van der Waals surface area contributed by atoms with Crippen LogP contribution in [0.25, 0.3) is 11.6 Å². The minimum atomic E-state index is -3.72. The van der Waals surface area contributed by atoms with E-state index in [9.17, 15) is 13.2 Å². The Hall–Kier alpha value is -2.08. The quantitative estimate of drug-likeness (QED) is 0.284. The van der Waals surface area contributed by atoms with Crippen LogP contribution in [0.4, 0.5) is 0 Å². The van der Waals surface area contributed by atoms with Gasteiger partial charge in [-0.25, -0.2) is 13.1 Å². The van der Waals surface area contributed by atoms with E-state index in [0.29, 0.717) is 12.1 Å². The first-order valence-corrected chi connectivity index (χ1v) is 12.1. The highest BCUT2D eigenvalue weighted by Crippen LogP contribution is 2.25. The second-order valence-electron chi connectivity index (χ2n) is 7.44. The first-order chi connectivity index (χ1) is 14.0. The number of hydrogen-bond acceptors (Lipinski definition) is 3. The van der Waals surface area contributed by atoms with E-state index in [-0.39, 0.29) is 16.2 Å². The van der Waals surface area contributed by atoms with Crippen LogP contribution < -0.4 is 4.72 Å². The minimum Gasteiger partial charge on any atom is -0.361 e. The van der Waals surface area contributed by atoms with E-state index in [1.165, 1.54) is 75.3 Å². The molecule has 1 aromatic rings. The topological polar surface area (TPSA) is 99.6 Å². The molecule has 0 saturated heterocycles. The number of benzene rings is 1. The van der Waals surface area contributed by atoms with Crippen LogP contribution >= 0.6 is 0 Å². The second kappa shape index (κ2) is 11.8. The van der Waals surface area contributed by atoms with Crippen LogP contribution in [-0.4, -0.2) is 31.2 Å². The van der Waals surface area contributed by atoms with Gasteiger partial charge in [0.25, 0.3) is 5.78 Å². The van der Waals surface area contributed by atoms with Crippen LogP contribution in [0, 0.1) is 0 Å². The third-order valence-electron chi connectivity index (χ3n) is 5.17. The van der Waals surface area contributed by atoms with Crippen molar-refractivity contribution in [3.8, 4) is 0 Å². The van der Waals surface area contributed by atoms with E-state index in [2.05, 4.69) is 16.4 Å². The van der Waals surface area contributed by atoms with Crippen LogP contribution in [0.5, 0.6) is 0 Å². The predicted molar refractivity (Wildman–Crippen MR) is 115 cm³/mol. The lowest BCUT2D eigenvalue weighted by Crippen LogP contribution is -2.27. The van der Waals surface area contributed by atoms with Crippen LogP contribution in [0.3, 0.4) is 0 Å². The first kappa shape index (κ1) is 23.2. The largest absolute Gasteiger partial charge is 0.362 e. The molecule has 0 unspecified atom stereocenters. The maximum absolute atomic E-state index is 12.7. The smallest absolute Gasteiger partial charge is 0.361 e. The summed E-state index contributed by atoms with van der Waals surface area (Å²) >= 11 is 0. The maximum atomic E-state index is 12.7. The molecule has 0 aromatic heterocycles. The molecule has 1 aliphatic carbocycles. The summed E-state index contributed by atoms with van der Waals surface area (Å²) < 4.78 is 28.0. The van der Waals surface area contributed by atoms with Crippen LogP contribution in [0.15, 0.2) is 29.2 Å². The summed E-state index contributed by atoms with van der Waals surface area (Å²) in [6, 6.07) is 4.55. The SMILES string of the molecule is CCCCCCCCCCCCNS(=O)(=O)c1cccc2c1C=CC(=[N+]=[N-])C2=O. The van der Waals surface area contributed by atoms with Gasteiger partial charge in [-0.1, -0.05) is 76.8 Å². The Labute approximate surface area is 174 Å². The summed E-state index contributed by atoms with van der Waals surface area (Å²) in [5.74, 6) is -0.489. The zero-order valence-corrected chi connectivity index (χ0v) is 18.0. The Morgan fingerprint density at radius 1 is 0.931 bits per heavy atom. The first-order valence-electron chi connectivity index (χ1n) is 10.6. The molecule has 0 saturated carbocycles. The van der Waals surface area contributed by atoms with Crippen molar-refractivity contribution in [2.24, 2.45) is 0 Å². The second-order valence-corrected chi connectivity index (χ2v) is 9.18. The highest BCUT2D eigenvalue weighted by atomic mass is 32.2. The van der Waals surface area contributed by atoms with Gasteiger partial charge in [0, 0.05) is 23.7 Å². The molecule has 0 bridgehead atoms. The van der Waals surface area contributed by atoms with E-state index >= 15 is 0 Å². The Kier molecular flexibility index (Phi) is 9.45. The fraction of sp³-hybridized carbons (Fsp3) is 0.545. The van der Waals surface area contributed by atoms with Gasteiger partial charge in [-0.05, 0) is 18.6 Å². The fourth-order valence-electron chi connectivity index (χ4n) is 3.50. The van der Waals surface area contributed by atoms with Crippen molar-refractivity contribution in [1.29, 1.82) is 0 Å². The number of rotatable bonds is 13. The highest BCUT2D eigenvalue weighted by molar-refractivity contribution is 7.89. The van der Waals surface area contributed by atoms with Crippen molar-refractivity contribution < 1.29 is 18.0 Å². The van der Waals surface area contributed by atoms with Crippen LogP contribution in [0.2, 0.25) is 0 Å². The molecule has 1 aliphatic rings. The number of carbonyl (C=O) groups is 1. The van der Waals surface area contributed by atoms with Gasteiger partial charge in [-0.15, -0.1) is 0 Å².